The van der Waals surface area contributed by atoms with Crippen LogP contribution in [-0.4, -0.2) is 50.0 Å². The maximum Gasteiger partial charge on any atom is 0.150 e. The minimum Gasteiger partial charge on any atom is -0.383 e. The molecule has 2 rings (SSSR count). The van der Waals surface area contributed by atoms with E-state index in [1.807, 2.05) is 13.0 Å². The summed E-state index contributed by atoms with van der Waals surface area (Å²) in [5.74, 6) is 1.71. The Hall–Kier alpha value is -0.910. The number of piperidine rings is 1. The smallest absolute Gasteiger partial charge is 0.150 e. The first-order valence-electron chi connectivity index (χ1n) is 7.12. The van der Waals surface area contributed by atoms with Gasteiger partial charge >= 0.3 is 0 Å². The first-order valence-corrected chi connectivity index (χ1v) is 7.12. The molecule has 1 fully saturated rings. The lowest BCUT2D eigenvalue weighted by atomic mass is 9.98. The third-order valence-electron chi connectivity index (χ3n) is 3.58. The molecule has 1 unspecified atom stereocenters. The molecule has 0 aliphatic carbocycles. The van der Waals surface area contributed by atoms with Crippen LogP contribution in [0.3, 0.4) is 0 Å². The minimum atomic E-state index is 0.731. The van der Waals surface area contributed by atoms with Gasteiger partial charge in [0.1, 0.15) is 0 Å². The van der Waals surface area contributed by atoms with Crippen molar-refractivity contribution in [2.75, 3.05) is 39.9 Å². The molecule has 1 atom stereocenters. The maximum atomic E-state index is 5.29. The van der Waals surface area contributed by atoms with Crippen LogP contribution < -0.4 is 5.32 Å². The zero-order valence-electron chi connectivity index (χ0n) is 12.0. The number of likely N-dealkylation sites (tertiary alicyclic amines) is 1. The Bertz CT molecular complexity index is 367. The van der Waals surface area contributed by atoms with Crippen molar-refractivity contribution in [2.24, 2.45) is 5.92 Å². The molecule has 0 saturated carbocycles. The molecule has 0 aromatic carbocycles. The monoisotopic (exact) mass is 267 g/mol. The molecular weight excluding hydrogens is 242 g/mol. The van der Waals surface area contributed by atoms with E-state index >= 15 is 0 Å². The molecular formula is C14H25N3O2. The van der Waals surface area contributed by atoms with Gasteiger partial charge in [0, 0.05) is 26.3 Å². The molecule has 1 aromatic heterocycles. The van der Waals surface area contributed by atoms with Gasteiger partial charge in [-0.1, -0.05) is 5.16 Å². The normalized spacial score (nSPS) is 20.8. The van der Waals surface area contributed by atoms with E-state index in [0.717, 1.165) is 56.7 Å². The SMILES string of the molecule is COCCNCC1CCCN(Cc2cc(C)no2)C1. The Morgan fingerprint density at radius 1 is 1.58 bits per heavy atom. The molecule has 2 heterocycles. The van der Waals surface area contributed by atoms with Crippen LogP contribution in [0.1, 0.15) is 24.3 Å². The highest BCUT2D eigenvalue weighted by Crippen LogP contribution is 2.18. The van der Waals surface area contributed by atoms with E-state index in [0.29, 0.717) is 0 Å². The van der Waals surface area contributed by atoms with Crippen molar-refractivity contribution in [1.29, 1.82) is 0 Å². The molecule has 1 aliphatic rings. The van der Waals surface area contributed by atoms with E-state index in [2.05, 4.69) is 15.4 Å². The Morgan fingerprint density at radius 2 is 2.47 bits per heavy atom. The Morgan fingerprint density at radius 3 is 3.21 bits per heavy atom. The molecule has 0 radical (unpaired) electrons. The number of ether oxygens (including phenoxy) is 1. The second-order valence-corrected chi connectivity index (χ2v) is 5.37. The number of nitrogens with zero attached hydrogens (tertiary/aromatic N) is 2. The highest BCUT2D eigenvalue weighted by molar-refractivity contribution is 5.03. The Labute approximate surface area is 115 Å². The number of hydrogen-bond donors (Lipinski definition) is 1. The summed E-state index contributed by atoms with van der Waals surface area (Å²) < 4.78 is 10.3. The van der Waals surface area contributed by atoms with Crippen molar-refractivity contribution in [3.05, 3.63) is 17.5 Å². The van der Waals surface area contributed by atoms with Gasteiger partial charge in [0.2, 0.25) is 0 Å². The van der Waals surface area contributed by atoms with Crippen LogP contribution in [0, 0.1) is 12.8 Å². The Balaban J connectivity index is 1.71. The number of aromatic nitrogens is 1. The lowest BCUT2D eigenvalue weighted by Crippen LogP contribution is -2.39. The molecule has 5 nitrogen and oxygen atoms in total. The van der Waals surface area contributed by atoms with Crippen molar-refractivity contribution in [2.45, 2.75) is 26.3 Å². The summed E-state index contributed by atoms with van der Waals surface area (Å²) in [5, 5.41) is 7.40. The van der Waals surface area contributed by atoms with Crippen LogP contribution in [0.15, 0.2) is 10.6 Å². The van der Waals surface area contributed by atoms with Gasteiger partial charge in [0.25, 0.3) is 0 Å². The van der Waals surface area contributed by atoms with Crippen LogP contribution in [0.25, 0.3) is 0 Å². The highest BCUT2D eigenvalue weighted by Gasteiger charge is 2.20. The molecule has 0 amide bonds. The summed E-state index contributed by atoms with van der Waals surface area (Å²) in [7, 11) is 1.74. The zero-order chi connectivity index (χ0) is 13.5. The van der Waals surface area contributed by atoms with Gasteiger partial charge < -0.3 is 14.6 Å². The third kappa shape index (κ3) is 4.93. The molecule has 108 valence electrons. The average Bonchev–Trinajstić information content (AvgIpc) is 2.81. The van der Waals surface area contributed by atoms with Crippen molar-refractivity contribution in [1.82, 2.24) is 15.4 Å². The van der Waals surface area contributed by atoms with E-state index in [4.69, 9.17) is 9.26 Å². The van der Waals surface area contributed by atoms with Gasteiger partial charge in [-0.25, -0.2) is 0 Å². The van der Waals surface area contributed by atoms with Crippen molar-refractivity contribution in [3.8, 4) is 0 Å². The van der Waals surface area contributed by atoms with Gasteiger partial charge in [0.05, 0.1) is 18.8 Å². The van der Waals surface area contributed by atoms with Crippen LogP contribution in [0.4, 0.5) is 0 Å². The fourth-order valence-corrected chi connectivity index (χ4v) is 2.65. The van der Waals surface area contributed by atoms with Crippen LogP contribution in [-0.2, 0) is 11.3 Å². The van der Waals surface area contributed by atoms with E-state index in [1.54, 1.807) is 7.11 Å². The molecule has 1 aromatic rings. The molecule has 0 spiro atoms. The number of rotatable bonds is 7. The van der Waals surface area contributed by atoms with Gasteiger partial charge in [-0.3, -0.25) is 4.90 Å². The lowest BCUT2D eigenvalue weighted by molar-refractivity contribution is 0.147. The van der Waals surface area contributed by atoms with Gasteiger partial charge in [-0.05, 0) is 38.8 Å². The van der Waals surface area contributed by atoms with Crippen molar-refractivity contribution in [3.63, 3.8) is 0 Å². The van der Waals surface area contributed by atoms with Crippen LogP contribution in [0.5, 0.6) is 0 Å². The van der Waals surface area contributed by atoms with Crippen molar-refractivity contribution >= 4 is 0 Å². The average molecular weight is 267 g/mol. The largest absolute Gasteiger partial charge is 0.383 e. The lowest BCUT2D eigenvalue weighted by Gasteiger charge is -2.32. The topological polar surface area (TPSA) is 50.5 Å². The zero-order valence-corrected chi connectivity index (χ0v) is 12.0. The molecule has 1 aliphatic heterocycles. The summed E-state index contributed by atoms with van der Waals surface area (Å²) in [6, 6.07) is 2.03. The summed E-state index contributed by atoms with van der Waals surface area (Å²) in [6.45, 7) is 7.95. The second kappa shape index (κ2) is 7.62. The number of nitrogens with one attached hydrogen (secondary N) is 1. The van der Waals surface area contributed by atoms with E-state index in [-0.39, 0.29) is 0 Å². The first-order chi connectivity index (χ1) is 9.28. The molecule has 19 heavy (non-hydrogen) atoms. The summed E-state index contributed by atoms with van der Waals surface area (Å²) in [6.07, 6.45) is 2.58. The molecule has 1 saturated heterocycles. The van der Waals surface area contributed by atoms with Gasteiger partial charge in [-0.15, -0.1) is 0 Å². The maximum absolute atomic E-state index is 5.29. The number of hydrogen-bond acceptors (Lipinski definition) is 5. The second-order valence-electron chi connectivity index (χ2n) is 5.37. The Kier molecular flexibility index (Phi) is 5.82. The summed E-state index contributed by atoms with van der Waals surface area (Å²) in [5.41, 5.74) is 0.963. The number of methoxy groups -OCH3 is 1. The number of aryl methyl sites for hydroxylation is 1. The van der Waals surface area contributed by atoms with Gasteiger partial charge in [-0.2, -0.15) is 0 Å². The van der Waals surface area contributed by atoms with Gasteiger partial charge in [0.15, 0.2) is 5.76 Å². The van der Waals surface area contributed by atoms with E-state index in [9.17, 15) is 0 Å². The van der Waals surface area contributed by atoms with E-state index < -0.39 is 0 Å². The quantitative estimate of drug-likeness (QED) is 0.757. The van der Waals surface area contributed by atoms with Crippen LogP contribution >= 0.6 is 0 Å². The fourth-order valence-electron chi connectivity index (χ4n) is 2.65. The van der Waals surface area contributed by atoms with E-state index in [1.165, 1.54) is 12.8 Å². The molecule has 5 heteroatoms. The first kappa shape index (κ1) is 14.5. The highest BCUT2D eigenvalue weighted by atomic mass is 16.5. The molecule has 0 bridgehead atoms. The summed E-state index contributed by atoms with van der Waals surface area (Å²) >= 11 is 0. The van der Waals surface area contributed by atoms with Crippen LogP contribution in [0.2, 0.25) is 0 Å². The predicted octanol–water partition coefficient (Wildman–Crippen LogP) is 1.43. The standard InChI is InChI=1S/C14H25N3O2/c1-12-8-14(19-16-12)11-17-6-3-4-13(10-17)9-15-5-7-18-2/h8,13,15H,3-7,9-11H2,1-2H3. The minimum absolute atomic E-state index is 0.731. The predicted molar refractivity (Wildman–Crippen MR) is 74.0 cm³/mol. The molecule has 1 N–H and O–H groups in total. The third-order valence-corrected chi connectivity index (χ3v) is 3.58. The summed E-state index contributed by atoms with van der Waals surface area (Å²) in [4.78, 5) is 2.46. The van der Waals surface area contributed by atoms with Crippen molar-refractivity contribution < 1.29 is 9.26 Å². The fraction of sp³-hybridized carbons (Fsp3) is 0.786.